The second kappa shape index (κ2) is 8.91. The maximum absolute atomic E-state index is 12.0. The third-order valence-corrected chi connectivity index (χ3v) is 4.06. The van der Waals surface area contributed by atoms with E-state index in [1.54, 1.807) is 0 Å². The minimum absolute atomic E-state index is 0.115. The Labute approximate surface area is 133 Å². The molecule has 1 aliphatic heterocycles. The molecular weight excluding hydrogens is 276 g/mol. The van der Waals surface area contributed by atoms with Crippen molar-refractivity contribution in [3.8, 4) is 0 Å². The molecule has 0 atom stereocenters. The first kappa shape index (κ1) is 17.0. The Bertz CT molecular complexity index is 451. The molecule has 0 bridgehead atoms. The van der Waals surface area contributed by atoms with Gasteiger partial charge in [0.15, 0.2) is 0 Å². The molecule has 0 aromatic heterocycles. The Balaban J connectivity index is 1.71. The van der Waals surface area contributed by atoms with Crippen molar-refractivity contribution in [3.05, 3.63) is 29.8 Å². The normalized spacial score (nSPS) is 16.0. The van der Waals surface area contributed by atoms with Crippen molar-refractivity contribution in [2.45, 2.75) is 52.2 Å². The Morgan fingerprint density at radius 1 is 1.27 bits per heavy atom. The number of hydrogen-bond donors (Lipinski definition) is 2. The van der Waals surface area contributed by atoms with E-state index in [0.29, 0.717) is 18.9 Å². The second-order valence-electron chi connectivity index (χ2n) is 6.34. The summed E-state index contributed by atoms with van der Waals surface area (Å²) in [7, 11) is 0. The summed E-state index contributed by atoms with van der Waals surface area (Å²) < 4.78 is 5.56. The molecule has 4 heteroatoms. The van der Waals surface area contributed by atoms with E-state index >= 15 is 0 Å². The lowest BCUT2D eigenvalue weighted by molar-refractivity contribution is -0.116. The van der Waals surface area contributed by atoms with Crippen molar-refractivity contribution >= 4 is 11.6 Å². The molecule has 22 heavy (non-hydrogen) atoms. The zero-order valence-corrected chi connectivity index (χ0v) is 13.7. The smallest absolute Gasteiger partial charge is 0.224 e. The van der Waals surface area contributed by atoms with Crippen molar-refractivity contribution in [3.63, 3.8) is 0 Å². The van der Waals surface area contributed by atoms with Gasteiger partial charge in [0.25, 0.3) is 0 Å². The van der Waals surface area contributed by atoms with Gasteiger partial charge in [0.05, 0.1) is 12.7 Å². The van der Waals surface area contributed by atoms with Crippen LogP contribution in [-0.2, 0) is 16.1 Å². The Morgan fingerprint density at radius 2 is 1.95 bits per heavy atom. The summed E-state index contributed by atoms with van der Waals surface area (Å²) in [6.07, 6.45) is 4.22. The number of carbonyl (C=O) groups excluding carboxylic acids is 1. The summed E-state index contributed by atoms with van der Waals surface area (Å²) in [5.41, 5.74) is 1.99. The molecule has 0 radical (unpaired) electrons. The number of rotatable bonds is 7. The van der Waals surface area contributed by atoms with Crippen LogP contribution in [0.4, 0.5) is 5.69 Å². The maximum atomic E-state index is 12.0. The van der Waals surface area contributed by atoms with Crippen LogP contribution in [0.15, 0.2) is 24.3 Å². The van der Waals surface area contributed by atoms with Crippen molar-refractivity contribution in [1.29, 1.82) is 0 Å². The molecule has 0 saturated carbocycles. The molecule has 1 aliphatic rings. The number of benzene rings is 1. The monoisotopic (exact) mass is 304 g/mol. The maximum Gasteiger partial charge on any atom is 0.224 e. The van der Waals surface area contributed by atoms with Gasteiger partial charge in [-0.15, -0.1) is 0 Å². The average Bonchev–Trinajstić information content (AvgIpc) is 2.53. The molecule has 0 aliphatic carbocycles. The van der Waals surface area contributed by atoms with E-state index < -0.39 is 0 Å². The van der Waals surface area contributed by atoms with E-state index in [-0.39, 0.29) is 12.0 Å². The molecule has 4 nitrogen and oxygen atoms in total. The molecule has 1 saturated heterocycles. The Kier molecular flexibility index (Phi) is 6.87. The molecule has 0 spiro atoms. The molecule has 2 N–H and O–H groups in total. The minimum Gasteiger partial charge on any atom is -0.374 e. The highest BCUT2D eigenvalue weighted by Crippen LogP contribution is 2.18. The molecule has 1 amide bonds. The first-order valence-corrected chi connectivity index (χ1v) is 8.34. The summed E-state index contributed by atoms with van der Waals surface area (Å²) in [4.78, 5) is 12.0. The van der Waals surface area contributed by atoms with Gasteiger partial charge in [-0.1, -0.05) is 12.1 Å². The molecule has 1 aromatic rings. The summed E-state index contributed by atoms with van der Waals surface area (Å²) in [6, 6.07) is 7.90. The lowest BCUT2D eigenvalue weighted by Gasteiger charge is -2.22. The van der Waals surface area contributed by atoms with Gasteiger partial charge in [-0.05, 0) is 69.8 Å². The van der Waals surface area contributed by atoms with Gasteiger partial charge in [0.2, 0.25) is 5.91 Å². The van der Waals surface area contributed by atoms with Gasteiger partial charge < -0.3 is 15.4 Å². The van der Waals surface area contributed by atoms with E-state index in [1.165, 1.54) is 12.8 Å². The SMILES string of the molecule is CC(C)OCc1ccc(NC(=O)CCC2CCNCC2)cc1. The van der Waals surface area contributed by atoms with Crippen LogP contribution in [0.3, 0.4) is 0 Å². The van der Waals surface area contributed by atoms with Gasteiger partial charge in [0.1, 0.15) is 0 Å². The molecule has 2 rings (SSSR count). The Hall–Kier alpha value is -1.39. The summed E-state index contributed by atoms with van der Waals surface area (Å²) >= 11 is 0. The van der Waals surface area contributed by atoms with Crippen LogP contribution in [0, 0.1) is 5.92 Å². The first-order valence-electron chi connectivity index (χ1n) is 8.34. The summed E-state index contributed by atoms with van der Waals surface area (Å²) in [5, 5.41) is 6.33. The van der Waals surface area contributed by atoms with Crippen LogP contribution in [0.2, 0.25) is 0 Å². The van der Waals surface area contributed by atoms with Gasteiger partial charge in [-0.25, -0.2) is 0 Å². The summed E-state index contributed by atoms with van der Waals surface area (Å²) in [6.45, 7) is 6.84. The Morgan fingerprint density at radius 3 is 2.59 bits per heavy atom. The number of carbonyl (C=O) groups is 1. The predicted molar refractivity (Wildman–Crippen MR) is 89.8 cm³/mol. The molecule has 122 valence electrons. The minimum atomic E-state index is 0.115. The fourth-order valence-corrected chi connectivity index (χ4v) is 2.68. The molecular formula is C18H28N2O2. The fourth-order valence-electron chi connectivity index (χ4n) is 2.68. The number of ether oxygens (including phenoxy) is 1. The highest BCUT2D eigenvalue weighted by Gasteiger charge is 2.14. The van der Waals surface area contributed by atoms with Crippen LogP contribution < -0.4 is 10.6 Å². The number of amides is 1. The lowest BCUT2D eigenvalue weighted by atomic mass is 9.93. The van der Waals surface area contributed by atoms with E-state index in [9.17, 15) is 4.79 Å². The van der Waals surface area contributed by atoms with Gasteiger partial charge in [-0.3, -0.25) is 4.79 Å². The van der Waals surface area contributed by atoms with E-state index in [4.69, 9.17) is 4.74 Å². The molecule has 1 fully saturated rings. The van der Waals surface area contributed by atoms with Crippen LogP contribution in [0.25, 0.3) is 0 Å². The van der Waals surface area contributed by atoms with Crippen molar-refractivity contribution in [2.24, 2.45) is 5.92 Å². The van der Waals surface area contributed by atoms with Crippen LogP contribution in [-0.4, -0.2) is 25.1 Å². The first-order chi connectivity index (χ1) is 10.6. The van der Waals surface area contributed by atoms with Crippen LogP contribution >= 0.6 is 0 Å². The second-order valence-corrected chi connectivity index (χ2v) is 6.34. The average molecular weight is 304 g/mol. The third-order valence-electron chi connectivity index (χ3n) is 4.06. The van der Waals surface area contributed by atoms with Crippen molar-refractivity contribution in [1.82, 2.24) is 5.32 Å². The van der Waals surface area contributed by atoms with E-state index in [2.05, 4.69) is 10.6 Å². The predicted octanol–water partition coefficient (Wildman–Crippen LogP) is 3.33. The number of hydrogen-bond acceptors (Lipinski definition) is 3. The number of anilines is 1. The highest BCUT2D eigenvalue weighted by molar-refractivity contribution is 5.90. The van der Waals surface area contributed by atoms with E-state index in [1.807, 2.05) is 38.1 Å². The van der Waals surface area contributed by atoms with Crippen LogP contribution in [0.1, 0.15) is 45.1 Å². The van der Waals surface area contributed by atoms with Gasteiger partial charge in [-0.2, -0.15) is 0 Å². The summed E-state index contributed by atoms with van der Waals surface area (Å²) in [5.74, 6) is 0.812. The van der Waals surface area contributed by atoms with E-state index in [0.717, 1.165) is 30.8 Å². The zero-order chi connectivity index (χ0) is 15.8. The fraction of sp³-hybridized carbons (Fsp3) is 0.611. The highest BCUT2D eigenvalue weighted by atomic mass is 16.5. The van der Waals surface area contributed by atoms with Gasteiger partial charge >= 0.3 is 0 Å². The molecule has 1 heterocycles. The third kappa shape index (κ3) is 6.16. The molecule has 0 unspecified atom stereocenters. The quantitative estimate of drug-likeness (QED) is 0.812. The number of nitrogens with one attached hydrogen (secondary N) is 2. The largest absolute Gasteiger partial charge is 0.374 e. The topological polar surface area (TPSA) is 50.4 Å². The van der Waals surface area contributed by atoms with Crippen LogP contribution in [0.5, 0.6) is 0 Å². The number of piperidine rings is 1. The van der Waals surface area contributed by atoms with Crippen molar-refractivity contribution in [2.75, 3.05) is 18.4 Å². The van der Waals surface area contributed by atoms with Gasteiger partial charge in [0, 0.05) is 12.1 Å². The molecule has 1 aromatic carbocycles. The lowest BCUT2D eigenvalue weighted by Crippen LogP contribution is -2.28. The standard InChI is InChI=1S/C18H28N2O2/c1-14(2)22-13-16-3-6-17(7-4-16)20-18(21)8-5-15-9-11-19-12-10-15/h3-4,6-7,14-15,19H,5,8-13H2,1-2H3,(H,20,21). The van der Waals surface area contributed by atoms with Crippen molar-refractivity contribution < 1.29 is 9.53 Å². The zero-order valence-electron chi connectivity index (χ0n) is 13.7.